The van der Waals surface area contributed by atoms with Crippen LogP contribution in [0.2, 0.25) is 5.02 Å². The van der Waals surface area contributed by atoms with E-state index < -0.39 is 11.9 Å². The molecule has 0 saturated heterocycles. The van der Waals surface area contributed by atoms with Gasteiger partial charge in [-0.15, -0.1) is 0 Å². The van der Waals surface area contributed by atoms with Crippen LogP contribution in [0.4, 0.5) is 11.4 Å². The Morgan fingerprint density at radius 2 is 1.79 bits per heavy atom. The molecule has 2 aromatic carbocycles. The highest BCUT2D eigenvalue weighted by molar-refractivity contribution is 6.34. The monoisotopic (exact) mass is 412 g/mol. The number of aromatic amines is 1. The zero-order chi connectivity index (χ0) is 21.0. The van der Waals surface area contributed by atoms with Crippen molar-refractivity contribution in [2.75, 3.05) is 10.6 Å². The number of anilines is 2. The van der Waals surface area contributed by atoms with E-state index in [1.807, 2.05) is 30.5 Å². The lowest BCUT2D eigenvalue weighted by molar-refractivity contribution is -0.125. The molecule has 3 rings (SSSR count). The second-order valence-electron chi connectivity index (χ2n) is 6.68. The van der Waals surface area contributed by atoms with Gasteiger partial charge in [0.25, 0.3) is 0 Å². The fourth-order valence-electron chi connectivity index (χ4n) is 3.10. The van der Waals surface area contributed by atoms with Crippen molar-refractivity contribution in [3.8, 4) is 0 Å². The highest BCUT2D eigenvalue weighted by atomic mass is 35.5. The molecule has 150 valence electrons. The van der Waals surface area contributed by atoms with Crippen LogP contribution < -0.4 is 16.0 Å². The Kier molecular flexibility index (Phi) is 6.19. The molecule has 0 bridgehead atoms. The van der Waals surface area contributed by atoms with Gasteiger partial charge in [0.05, 0.1) is 10.7 Å². The van der Waals surface area contributed by atoms with Crippen LogP contribution in [0.3, 0.4) is 0 Å². The minimum atomic E-state index is -0.799. The van der Waals surface area contributed by atoms with E-state index in [0.29, 0.717) is 22.8 Å². The molecule has 1 heterocycles. The summed E-state index contributed by atoms with van der Waals surface area (Å²) in [5, 5.41) is 9.38. The number of fused-ring (bicyclic) bond motifs is 1. The standard InChI is InChI=1S/C21H21ClN4O3/c1-12(27)24-15-7-8-17(22)19(10-15)26-21(29)20(25-13(2)28)9-14-11-23-18-6-4-3-5-16(14)18/h3-8,10-11,20,23H,9H2,1-2H3,(H,24,27)(H,25,28)(H,26,29). The molecular weight excluding hydrogens is 392 g/mol. The van der Waals surface area contributed by atoms with Gasteiger partial charge in [-0.2, -0.15) is 0 Å². The molecule has 8 heteroatoms. The highest BCUT2D eigenvalue weighted by Gasteiger charge is 2.22. The van der Waals surface area contributed by atoms with E-state index in [1.54, 1.807) is 18.2 Å². The summed E-state index contributed by atoms with van der Waals surface area (Å²) in [4.78, 5) is 39.0. The third kappa shape index (κ3) is 5.14. The molecule has 0 aliphatic heterocycles. The van der Waals surface area contributed by atoms with Crippen molar-refractivity contribution in [3.63, 3.8) is 0 Å². The van der Waals surface area contributed by atoms with E-state index in [2.05, 4.69) is 20.9 Å². The van der Waals surface area contributed by atoms with E-state index in [4.69, 9.17) is 11.6 Å². The molecule has 29 heavy (non-hydrogen) atoms. The molecule has 4 N–H and O–H groups in total. The van der Waals surface area contributed by atoms with Gasteiger partial charge in [-0.25, -0.2) is 0 Å². The third-order valence-corrected chi connectivity index (χ3v) is 4.67. The summed E-state index contributed by atoms with van der Waals surface area (Å²) >= 11 is 6.19. The maximum atomic E-state index is 12.9. The first kappa shape index (κ1) is 20.4. The van der Waals surface area contributed by atoms with Crippen molar-refractivity contribution in [1.29, 1.82) is 0 Å². The molecular formula is C21H21ClN4O3. The zero-order valence-corrected chi connectivity index (χ0v) is 16.8. The lowest BCUT2D eigenvalue weighted by Gasteiger charge is -2.18. The number of hydrogen-bond donors (Lipinski definition) is 4. The van der Waals surface area contributed by atoms with Crippen LogP contribution in [-0.4, -0.2) is 28.7 Å². The molecule has 0 saturated carbocycles. The lowest BCUT2D eigenvalue weighted by Crippen LogP contribution is -2.44. The number of nitrogens with one attached hydrogen (secondary N) is 4. The predicted molar refractivity (Wildman–Crippen MR) is 114 cm³/mol. The lowest BCUT2D eigenvalue weighted by atomic mass is 10.0. The van der Waals surface area contributed by atoms with Crippen molar-refractivity contribution in [2.24, 2.45) is 0 Å². The molecule has 0 aliphatic carbocycles. The van der Waals surface area contributed by atoms with Crippen LogP contribution >= 0.6 is 11.6 Å². The first-order chi connectivity index (χ1) is 13.8. The average molecular weight is 413 g/mol. The molecule has 0 fully saturated rings. The van der Waals surface area contributed by atoms with Crippen LogP contribution in [0.1, 0.15) is 19.4 Å². The minimum absolute atomic E-state index is 0.236. The fraction of sp³-hybridized carbons (Fsp3) is 0.190. The van der Waals surface area contributed by atoms with Crippen LogP contribution in [-0.2, 0) is 20.8 Å². The van der Waals surface area contributed by atoms with Gasteiger partial charge in [-0.05, 0) is 29.8 Å². The molecule has 1 unspecified atom stereocenters. The summed E-state index contributed by atoms with van der Waals surface area (Å²) in [6.45, 7) is 2.75. The number of rotatable bonds is 6. The SMILES string of the molecule is CC(=O)Nc1ccc(Cl)c(NC(=O)C(Cc2c[nH]c3ccccc23)NC(C)=O)c1. The number of carbonyl (C=O) groups is 3. The number of carbonyl (C=O) groups excluding carboxylic acids is 3. The summed E-state index contributed by atoms with van der Waals surface area (Å²) in [7, 11) is 0. The number of aromatic nitrogens is 1. The normalized spacial score (nSPS) is 11.7. The number of H-pyrrole nitrogens is 1. The van der Waals surface area contributed by atoms with E-state index in [-0.39, 0.29) is 11.8 Å². The Bertz CT molecular complexity index is 1080. The number of benzene rings is 2. The van der Waals surface area contributed by atoms with Gasteiger partial charge < -0.3 is 20.9 Å². The molecule has 1 atom stereocenters. The van der Waals surface area contributed by atoms with Crippen molar-refractivity contribution < 1.29 is 14.4 Å². The number of amides is 3. The van der Waals surface area contributed by atoms with Gasteiger partial charge >= 0.3 is 0 Å². The van der Waals surface area contributed by atoms with Crippen LogP contribution in [0.5, 0.6) is 0 Å². The van der Waals surface area contributed by atoms with Crippen LogP contribution in [0.15, 0.2) is 48.7 Å². The summed E-state index contributed by atoms with van der Waals surface area (Å²) in [5.41, 5.74) is 2.71. The molecule has 3 aromatic rings. The van der Waals surface area contributed by atoms with Gasteiger partial charge in [0.15, 0.2) is 0 Å². The van der Waals surface area contributed by atoms with E-state index >= 15 is 0 Å². The average Bonchev–Trinajstić information content (AvgIpc) is 3.06. The highest BCUT2D eigenvalue weighted by Crippen LogP contribution is 2.26. The Balaban J connectivity index is 1.83. The van der Waals surface area contributed by atoms with E-state index in [0.717, 1.165) is 16.5 Å². The van der Waals surface area contributed by atoms with Gasteiger partial charge in [0, 0.05) is 43.1 Å². The fourth-order valence-corrected chi connectivity index (χ4v) is 3.26. The van der Waals surface area contributed by atoms with Crippen LogP contribution in [0.25, 0.3) is 10.9 Å². The second-order valence-corrected chi connectivity index (χ2v) is 7.09. The van der Waals surface area contributed by atoms with Crippen molar-refractivity contribution in [3.05, 3.63) is 59.2 Å². The third-order valence-electron chi connectivity index (χ3n) is 4.34. The van der Waals surface area contributed by atoms with Crippen LogP contribution in [0, 0.1) is 0 Å². The zero-order valence-electron chi connectivity index (χ0n) is 16.0. The topological polar surface area (TPSA) is 103 Å². The molecule has 0 spiro atoms. The molecule has 1 aromatic heterocycles. The Morgan fingerprint density at radius 1 is 1.03 bits per heavy atom. The number of para-hydroxylation sites is 1. The van der Waals surface area contributed by atoms with E-state index in [9.17, 15) is 14.4 Å². The number of halogens is 1. The molecule has 3 amide bonds. The first-order valence-electron chi connectivity index (χ1n) is 9.03. The molecule has 0 radical (unpaired) electrons. The maximum Gasteiger partial charge on any atom is 0.247 e. The Labute approximate surface area is 172 Å². The summed E-state index contributed by atoms with van der Waals surface area (Å²) in [6, 6.07) is 11.7. The van der Waals surface area contributed by atoms with Gasteiger partial charge in [0.1, 0.15) is 6.04 Å². The van der Waals surface area contributed by atoms with E-state index in [1.165, 1.54) is 13.8 Å². The maximum absolute atomic E-state index is 12.9. The van der Waals surface area contributed by atoms with Gasteiger partial charge in [-0.1, -0.05) is 29.8 Å². The largest absolute Gasteiger partial charge is 0.361 e. The smallest absolute Gasteiger partial charge is 0.247 e. The van der Waals surface area contributed by atoms with Crippen molar-refractivity contribution in [1.82, 2.24) is 10.3 Å². The molecule has 0 aliphatic rings. The summed E-state index contributed by atoms with van der Waals surface area (Å²) in [5.74, 6) is -0.963. The first-order valence-corrected chi connectivity index (χ1v) is 9.41. The Morgan fingerprint density at radius 3 is 2.52 bits per heavy atom. The summed E-state index contributed by atoms with van der Waals surface area (Å²) < 4.78 is 0. The number of hydrogen-bond acceptors (Lipinski definition) is 3. The van der Waals surface area contributed by atoms with Gasteiger partial charge in [0.2, 0.25) is 17.7 Å². The molecule has 7 nitrogen and oxygen atoms in total. The minimum Gasteiger partial charge on any atom is -0.361 e. The second kappa shape index (κ2) is 8.79. The van der Waals surface area contributed by atoms with Crippen molar-refractivity contribution >= 4 is 51.6 Å². The van der Waals surface area contributed by atoms with Crippen molar-refractivity contribution in [2.45, 2.75) is 26.3 Å². The predicted octanol–water partition coefficient (Wildman–Crippen LogP) is 3.47. The Hall–Kier alpha value is -3.32. The quantitative estimate of drug-likeness (QED) is 0.498. The van der Waals surface area contributed by atoms with Gasteiger partial charge in [-0.3, -0.25) is 14.4 Å². The summed E-state index contributed by atoms with van der Waals surface area (Å²) in [6.07, 6.45) is 2.13.